The molecule has 0 saturated heterocycles. The summed E-state index contributed by atoms with van der Waals surface area (Å²) in [4.78, 5) is 12.6. The number of aliphatic hydroxyl groups is 1. The van der Waals surface area contributed by atoms with Crippen LogP contribution < -0.4 is 5.32 Å². The van der Waals surface area contributed by atoms with E-state index in [9.17, 15) is 4.79 Å². The summed E-state index contributed by atoms with van der Waals surface area (Å²) in [6.07, 6.45) is 2.56. The Morgan fingerprint density at radius 1 is 1.16 bits per heavy atom. The van der Waals surface area contributed by atoms with Crippen LogP contribution in [0.25, 0.3) is 16.6 Å². The Balaban J connectivity index is 1.97. The quantitative estimate of drug-likeness (QED) is 0.769. The highest BCUT2D eigenvalue weighted by atomic mass is 16.3. The van der Waals surface area contributed by atoms with Gasteiger partial charge >= 0.3 is 0 Å². The van der Waals surface area contributed by atoms with Gasteiger partial charge in [-0.1, -0.05) is 24.3 Å². The van der Waals surface area contributed by atoms with E-state index in [0.29, 0.717) is 17.5 Å². The smallest absolute Gasteiger partial charge is 0.253 e. The van der Waals surface area contributed by atoms with Crippen LogP contribution >= 0.6 is 0 Å². The highest BCUT2D eigenvalue weighted by molar-refractivity contribution is 6.05. The third-order valence-corrected chi connectivity index (χ3v) is 3.87. The summed E-state index contributed by atoms with van der Waals surface area (Å²) in [6.45, 7) is 6.00. The van der Waals surface area contributed by atoms with E-state index in [-0.39, 0.29) is 18.1 Å². The molecule has 1 aromatic heterocycles. The molecule has 3 aromatic rings. The normalized spacial score (nSPS) is 11.7. The van der Waals surface area contributed by atoms with Crippen molar-refractivity contribution in [2.24, 2.45) is 0 Å². The predicted octanol–water partition coefficient (Wildman–Crippen LogP) is 3.09. The van der Waals surface area contributed by atoms with Crippen LogP contribution in [0.4, 0.5) is 0 Å². The van der Waals surface area contributed by atoms with E-state index < -0.39 is 0 Å². The SMILES string of the molecule is CC(C)(C)NC(=O)c1cccc2cn(-c3ccc(CCO)cc3)nc12. The maximum atomic E-state index is 12.6. The fraction of sp³-hybridized carbons (Fsp3) is 0.300. The highest BCUT2D eigenvalue weighted by Crippen LogP contribution is 2.20. The van der Waals surface area contributed by atoms with Crippen molar-refractivity contribution in [3.8, 4) is 5.69 Å². The van der Waals surface area contributed by atoms with Crippen LogP contribution in [-0.4, -0.2) is 32.9 Å². The second kappa shape index (κ2) is 6.69. The second-order valence-corrected chi connectivity index (χ2v) is 7.16. The summed E-state index contributed by atoms with van der Waals surface area (Å²) in [5.41, 5.74) is 2.95. The van der Waals surface area contributed by atoms with E-state index in [1.807, 2.05) is 63.4 Å². The van der Waals surface area contributed by atoms with Crippen molar-refractivity contribution in [3.63, 3.8) is 0 Å². The molecule has 1 heterocycles. The third-order valence-electron chi connectivity index (χ3n) is 3.87. The van der Waals surface area contributed by atoms with Crippen molar-refractivity contribution in [1.82, 2.24) is 15.1 Å². The molecule has 0 atom stereocenters. The standard InChI is InChI=1S/C20H23N3O2/c1-20(2,3)21-19(25)17-6-4-5-15-13-23(22-18(15)17)16-9-7-14(8-10-16)11-12-24/h4-10,13,24H,11-12H2,1-3H3,(H,21,25). The van der Waals surface area contributed by atoms with Crippen molar-refractivity contribution in [2.45, 2.75) is 32.7 Å². The number of nitrogens with zero attached hydrogens (tertiary/aromatic N) is 2. The van der Waals surface area contributed by atoms with Crippen molar-refractivity contribution in [1.29, 1.82) is 0 Å². The summed E-state index contributed by atoms with van der Waals surface area (Å²) in [5, 5.41) is 17.5. The van der Waals surface area contributed by atoms with Crippen molar-refractivity contribution >= 4 is 16.8 Å². The second-order valence-electron chi connectivity index (χ2n) is 7.16. The van der Waals surface area contributed by atoms with Gasteiger partial charge in [-0.25, -0.2) is 4.68 Å². The lowest BCUT2D eigenvalue weighted by Gasteiger charge is -2.20. The number of hydrogen-bond acceptors (Lipinski definition) is 3. The van der Waals surface area contributed by atoms with Gasteiger partial charge in [0.05, 0.1) is 11.3 Å². The zero-order chi connectivity index (χ0) is 18.0. The number of rotatable bonds is 4. The van der Waals surface area contributed by atoms with Crippen LogP contribution in [0.15, 0.2) is 48.7 Å². The van der Waals surface area contributed by atoms with Gasteiger partial charge in [0.15, 0.2) is 0 Å². The number of aromatic nitrogens is 2. The minimum absolute atomic E-state index is 0.123. The molecule has 3 rings (SSSR count). The van der Waals surface area contributed by atoms with Crippen LogP contribution in [0.2, 0.25) is 0 Å². The Bertz CT molecular complexity index is 889. The van der Waals surface area contributed by atoms with Crippen molar-refractivity contribution in [3.05, 3.63) is 59.8 Å². The van der Waals surface area contributed by atoms with Gasteiger partial charge in [0, 0.05) is 23.7 Å². The minimum Gasteiger partial charge on any atom is -0.396 e. The summed E-state index contributed by atoms with van der Waals surface area (Å²) in [7, 11) is 0. The maximum Gasteiger partial charge on any atom is 0.253 e. The molecule has 130 valence electrons. The van der Waals surface area contributed by atoms with Crippen LogP contribution in [0.5, 0.6) is 0 Å². The molecule has 2 N–H and O–H groups in total. The summed E-state index contributed by atoms with van der Waals surface area (Å²) in [6, 6.07) is 13.5. The highest BCUT2D eigenvalue weighted by Gasteiger charge is 2.18. The number of carbonyl (C=O) groups is 1. The van der Waals surface area contributed by atoms with Crippen molar-refractivity contribution in [2.75, 3.05) is 6.61 Å². The Labute approximate surface area is 147 Å². The molecular weight excluding hydrogens is 314 g/mol. The first kappa shape index (κ1) is 17.2. The average Bonchev–Trinajstić information content (AvgIpc) is 2.98. The Morgan fingerprint density at radius 2 is 1.88 bits per heavy atom. The van der Waals surface area contributed by atoms with Gasteiger partial charge in [0.2, 0.25) is 0 Å². The average molecular weight is 337 g/mol. The van der Waals surface area contributed by atoms with E-state index in [2.05, 4.69) is 10.4 Å². The lowest BCUT2D eigenvalue weighted by molar-refractivity contribution is 0.0921. The molecule has 0 aliphatic rings. The molecule has 5 heteroatoms. The molecule has 0 fully saturated rings. The van der Waals surface area contributed by atoms with Gasteiger partial charge in [-0.15, -0.1) is 0 Å². The first-order valence-corrected chi connectivity index (χ1v) is 8.38. The van der Waals surface area contributed by atoms with E-state index in [4.69, 9.17) is 5.11 Å². The molecule has 5 nitrogen and oxygen atoms in total. The van der Waals surface area contributed by atoms with Crippen LogP contribution in [0.1, 0.15) is 36.7 Å². The Hall–Kier alpha value is -2.66. The van der Waals surface area contributed by atoms with Crippen LogP contribution in [0.3, 0.4) is 0 Å². The Morgan fingerprint density at radius 3 is 2.52 bits per heavy atom. The lowest BCUT2D eigenvalue weighted by atomic mass is 10.1. The van der Waals surface area contributed by atoms with Gasteiger partial charge in [0.1, 0.15) is 5.52 Å². The lowest BCUT2D eigenvalue weighted by Crippen LogP contribution is -2.40. The minimum atomic E-state index is -0.301. The number of benzene rings is 2. The zero-order valence-electron chi connectivity index (χ0n) is 14.8. The maximum absolute atomic E-state index is 12.6. The van der Waals surface area contributed by atoms with Crippen LogP contribution in [0, 0.1) is 0 Å². The number of hydrogen-bond donors (Lipinski definition) is 2. The van der Waals surface area contributed by atoms with Gasteiger partial charge in [-0.05, 0) is 51.0 Å². The zero-order valence-corrected chi connectivity index (χ0v) is 14.8. The van der Waals surface area contributed by atoms with E-state index >= 15 is 0 Å². The molecule has 0 aliphatic carbocycles. The van der Waals surface area contributed by atoms with Crippen molar-refractivity contribution < 1.29 is 9.90 Å². The topological polar surface area (TPSA) is 67.2 Å². The van der Waals surface area contributed by atoms with Gasteiger partial charge in [0.25, 0.3) is 5.91 Å². The van der Waals surface area contributed by atoms with Gasteiger partial charge in [-0.2, -0.15) is 5.10 Å². The van der Waals surface area contributed by atoms with E-state index in [0.717, 1.165) is 16.6 Å². The number of aliphatic hydroxyl groups excluding tert-OH is 1. The largest absolute Gasteiger partial charge is 0.396 e. The predicted molar refractivity (Wildman–Crippen MR) is 99.1 cm³/mol. The summed E-state index contributed by atoms with van der Waals surface area (Å²) >= 11 is 0. The fourth-order valence-electron chi connectivity index (χ4n) is 2.71. The van der Waals surface area contributed by atoms with E-state index in [1.165, 1.54) is 0 Å². The summed E-state index contributed by atoms with van der Waals surface area (Å²) < 4.78 is 1.78. The molecule has 0 bridgehead atoms. The third kappa shape index (κ3) is 3.88. The molecule has 25 heavy (non-hydrogen) atoms. The fourth-order valence-corrected chi connectivity index (χ4v) is 2.71. The number of nitrogens with one attached hydrogen (secondary N) is 1. The Kier molecular flexibility index (Phi) is 4.59. The van der Waals surface area contributed by atoms with Gasteiger partial charge < -0.3 is 10.4 Å². The molecule has 1 amide bonds. The molecule has 0 radical (unpaired) electrons. The number of amides is 1. The molecule has 0 spiro atoms. The first-order valence-electron chi connectivity index (χ1n) is 8.38. The first-order chi connectivity index (χ1) is 11.9. The van der Waals surface area contributed by atoms with Gasteiger partial charge in [-0.3, -0.25) is 4.79 Å². The summed E-state index contributed by atoms with van der Waals surface area (Å²) in [5.74, 6) is -0.123. The molecule has 2 aromatic carbocycles. The molecule has 0 saturated carbocycles. The number of fused-ring (bicyclic) bond motifs is 1. The molecular formula is C20H23N3O2. The number of carbonyl (C=O) groups excluding carboxylic acids is 1. The molecule has 0 aliphatic heterocycles. The molecule has 0 unspecified atom stereocenters. The monoisotopic (exact) mass is 337 g/mol. The van der Waals surface area contributed by atoms with Crippen LogP contribution in [-0.2, 0) is 6.42 Å². The van der Waals surface area contributed by atoms with E-state index in [1.54, 1.807) is 10.7 Å².